The molecule has 2 heterocycles. The third-order valence-electron chi connectivity index (χ3n) is 5.68. The Morgan fingerprint density at radius 2 is 2.03 bits per heavy atom. The van der Waals surface area contributed by atoms with E-state index in [0.29, 0.717) is 10.7 Å². The summed E-state index contributed by atoms with van der Waals surface area (Å²) in [4.78, 5) is 32.9. The van der Waals surface area contributed by atoms with Crippen LogP contribution in [0.3, 0.4) is 0 Å². The summed E-state index contributed by atoms with van der Waals surface area (Å²) >= 11 is 4.88. The molecule has 31 heavy (non-hydrogen) atoms. The molecule has 1 atom stereocenters. The number of aryl methyl sites for hydroxylation is 1. The smallest absolute Gasteiger partial charge is 0.258 e. The van der Waals surface area contributed by atoms with E-state index >= 15 is 0 Å². The molecule has 1 N–H and O–H groups in total. The Labute approximate surface area is 194 Å². The van der Waals surface area contributed by atoms with Crippen LogP contribution in [0.4, 0.5) is 10.8 Å². The van der Waals surface area contributed by atoms with E-state index in [1.807, 2.05) is 56.0 Å². The van der Waals surface area contributed by atoms with Crippen molar-refractivity contribution in [3.05, 3.63) is 62.9 Å². The molecule has 4 rings (SSSR count). The first kappa shape index (κ1) is 21.7. The van der Waals surface area contributed by atoms with E-state index in [0.717, 1.165) is 45.7 Å². The number of hydrogen-bond acceptors (Lipinski definition) is 4. The van der Waals surface area contributed by atoms with Gasteiger partial charge in [0.25, 0.3) is 5.91 Å². The molecule has 0 fully saturated rings. The van der Waals surface area contributed by atoms with Crippen LogP contribution in [0.25, 0.3) is 11.3 Å². The van der Waals surface area contributed by atoms with Crippen LogP contribution in [0, 0.1) is 12.8 Å². The number of fused-ring (bicyclic) bond motifs is 1. The second kappa shape index (κ2) is 8.93. The molecule has 7 heteroatoms. The third-order valence-corrected chi connectivity index (χ3v) is 7.26. The highest BCUT2D eigenvalue weighted by molar-refractivity contribution is 9.10. The fourth-order valence-corrected chi connectivity index (χ4v) is 5.04. The second-order valence-electron chi connectivity index (χ2n) is 7.75. The lowest BCUT2D eigenvalue weighted by Crippen LogP contribution is -2.33. The minimum atomic E-state index is -0.194. The predicted octanol–water partition coefficient (Wildman–Crippen LogP) is 6.07. The van der Waals surface area contributed by atoms with E-state index in [4.69, 9.17) is 0 Å². The number of thiazole rings is 1. The first-order valence-corrected chi connectivity index (χ1v) is 12.0. The lowest BCUT2D eigenvalue weighted by Gasteiger charge is -2.21. The number of amides is 2. The molecule has 160 valence electrons. The molecule has 1 aliphatic rings. The van der Waals surface area contributed by atoms with Gasteiger partial charge >= 0.3 is 0 Å². The van der Waals surface area contributed by atoms with Gasteiger partial charge in [0.15, 0.2) is 5.13 Å². The van der Waals surface area contributed by atoms with Crippen molar-refractivity contribution in [3.8, 4) is 11.3 Å². The average Bonchev–Trinajstić information content (AvgIpc) is 3.35. The van der Waals surface area contributed by atoms with Crippen molar-refractivity contribution in [3.63, 3.8) is 0 Å². The molecule has 0 spiro atoms. The second-order valence-corrected chi connectivity index (χ2v) is 9.81. The minimum absolute atomic E-state index is 0.0298. The fraction of sp³-hybridized carbons (Fsp3) is 0.292. The van der Waals surface area contributed by atoms with E-state index in [-0.39, 0.29) is 17.7 Å². The van der Waals surface area contributed by atoms with E-state index in [9.17, 15) is 9.59 Å². The molecule has 0 bridgehead atoms. The summed E-state index contributed by atoms with van der Waals surface area (Å²) in [5.41, 5.74) is 4.61. The summed E-state index contributed by atoms with van der Waals surface area (Å²) in [5.74, 6) is 0.0269. The van der Waals surface area contributed by atoms with E-state index in [1.54, 1.807) is 6.07 Å². The predicted molar refractivity (Wildman–Crippen MR) is 130 cm³/mol. The quantitative estimate of drug-likeness (QED) is 0.465. The zero-order chi connectivity index (χ0) is 22.1. The van der Waals surface area contributed by atoms with Crippen LogP contribution in [-0.2, 0) is 11.2 Å². The monoisotopic (exact) mass is 497 g/mol. The molecule has 0 aliphatic carbocycles. The summed E-state index contributed by atoms with van der Waals surface area (Å²) < 4.78 is 0.746. The topological polar surface area (TPSA) is 62.3 Å². The highest BCUT2D eigenvalue weighted by Gasteiger charge is 2.28. The van der Waals surface area contributed by atoms with Gasteiger partial charge in [0, 0.05) is 33.1 Å². The maximum Gasteiger partial charge on any atom is 0.258 e. The SMILES string of the molecule is CC[C@@H](C)C(=O)N1CCc2cc(-c3nc(NC(=O)c4ccccc4Br)sc3C)ccc21. The summed E-state index contributed by atoms with van der Waals surface area (Å²) in [6, 6.07) is 13.5. The van der Waals surface area contributed by atoms with Crippen LogP contribution in [-0.4, -0.2) is 23.3 Å². The number of aromatic nitrogens is 1. The maximum absolute atomic E-state index is 12.7. The Hall–Kier alpha value is -2.51. The Balaban J connectivity index is 1.56. The number of carbonyl (C=O) groups excluding carboxylic acids is 2. The van der Waals surface area contributed by atoms with Gasteiger partial charge in [-0.15, -0.1) is 11.3 Å². The van der Waals surface area contributed by atoms with Gasteiger partial charge in [0.05, 0.1) is 11.3 Å². The minimum Gasteiger partial charge on any atom is -0.312 e. The summed E-state index contributed by atoms with van der Waals surface area (Å²) in [6.07, 6.45) is 1.69. The molecule has 0 saturated heterocycles. The fourth-order valence-electron chi connectivity index (χ4n) is 3.75. The Bertz CT molecular complexity index is 1160. The average molecular weight is 498 g/mol. The van der Waals surface area contributed by atoms with Crippen molar-refractivity contribution in [1.82, 2.24) is 4.98 Å². The first-order valence-electron chi connectivity index (χ1n) is 10.4. The molecule has 0 saturated carbocycles. The Morgan fingerprint density at radius 3 is 2.77 bits per heavy atom. The largest absolute Gasteiger partial charge is 0.312 e. The van der Waals surface area contributed by atoms with Gasteiger partial charge in [-0.05, 0) is 65.5 Å². The molecule has 0 radical (unpaired) electrons. The molecular formula is C24H24BrN3O2S. The van der Waals surface area contributed by atoms with Gasteiger partial charge < -0.3 is 4.90 Å². The van der Waals surface area contributed by atoms with Crippen molar-refractivity contribution in [2.45, 2.75) is 33.6 Å². The number of nitrogens with zero attached hydrogens (tertiary/aromatic N) is 2. The van der Waals surface area contributed by atoms with Crippen LogP contribution in [0.1, 0.15) is 41.1 Å². The number of halogens is 1. The van der Waals surface area contributed by atoms with Crippen LogP contribution >= 0.6 is 27.3 Å². The molecule has 1 aromatic heterocycles. The molecule has 1 aliphatic heterocycles. The van der Waals surface area contributed by atoms with Crippen molar-refractivity contribution >= 4 is 49.9 Å². The highest BCUT2D eigenvalue weighted by Crippen LogP contribution is 2.36. The number of carbonyl (C=O) groups is 2. The van der Waals surface area contributed by atoms with Gasteiger partial charge in [0.1, 0.15) is 0 Å². The van der Waals surface area contributed by atoms with Crippen LogP contribution in [0.2, 0.25) is 0 Å². The van der Waals surface area contributed by atoms with Crippen LogP contribution < -0.4 is 10.2 Å². The molecule has 2 amide bonds. The molecule has 0 unspecified atom stereocenters. The molecule has 5 nitrogen and oxygen atoms in total. The van der Waals surface area contributed by atoms with E-state index in [1.165, 1.54) is 16.9 Å². The van der Waals surface area contributed by atoms with Gasteiger partial charge in [0.2, 0.25) is 5.91 Å². The van der Waals surface area contributed by atoms with Gasteiger partial charge in [-0.25, -0.2) is 4.98 Å². The number of hydrogen-bond donors (Lipinski definition) is 1. The standard InChI is InChI=1S/C24H24BrN3O2S/c1-4-14(2)23(30)28-12-11-16-13-17(9-10-20(16)28)21-15(3)31-24(26-21)27-22(29)18-7-5-6-8-19(18)25/h5-10,13-14H,4,11-12H2,1-3H3,(H,26,27,29)/t14-/m1/s1. The zero-order valence-electron chi connectivity index (χ0n) is 17.7. The van der Waals surface area contributed by atoms with E-state index in [2.05, 4.69) is 32.3 Å². The highest BCUT2D eigenvalue weighted by atomic mass is 79.9. The Kier molecular flexibility index (Phi) is 6.25. The van der Waals surface area contributed by atoms with Crippen molar-refractivity contribution in [2.75, 3.05) is 16.8 Å². The van der Waals surface area contributed by atoms with Gasteiger partial charge in [-0.3, -0.25) is 14.9 Å². The van der Waals surface area contributed by atoms with Gasteiger partial charge in [-0.1, -0.05) is 32.0 Å². The number of anilines is 2. The van der Waals surface area contributed by atoms with Crippen LogP contribution in [0.5, 0.6) is 0 Å². The summed E-state index contributed by atoms with van der Waals surface area (Å²) in [6.45, 7) is 6.76. The van der Waals surface area contributed by atoms with Crippen LogP contribution in [0.15, 0.2) is 46.9 Å². The summed E-state index contributed by atoms with van der Waals surface area (Å²) in [7, 11) is 0. The zero-order valence-corrected chi connectivity index (χ0v) is 20.1. The molecule has 2 aromatic carbocycles. The lowest BCUT2D eigenvalue weighted by molar-refractivity contribution is -0.121. The first-order chi connectivity index (χ1) is 14.9. The number of benzene rings is 2. The lowest BCUT2D eigenvalue weighted by atomic mass is 10.0. The maximum atomic E-state index is 12.7. The van der Waals surface area contributed by atoms with E-state index < -0.39 is 0 Å². The third kappa shape index (κ3) is 4.29. The molecule has 3 aromatic rings. The van der Waals surface area contributed by atoms with Crippen molar-refractivity contribution in [1.29, 1.82) is 0 Å². The number of rotatable bonds is 5. The molecular weight excluding hydrogens is 474 g/mol. The number of nitrogens with one attached hydrogen (secondary N) is 1. The Morgan fingerprint density at radius 1 is 1.26 bits per heavy atom. The van der Waals surface area contributed by atoms with Crippen molar-refractivity contribution < 1.29 is 9.59 Å². The van der Waals surface area contributed by atoms with Gasteiger partial charge in [-0.2, -0.15) is 0 Å². The van der Waals surface area contributed by atoms with Crippen molar-refractivity contribution in [2.24, 2.45) is 5.92 Å². The summed E-state index contributed by atoms with van der Waals surface area (Å²) in [5, 5.41) is 3.48. The normalized spacial score (nSPS) is 13.7.